The molecule has 0 spiro atoms. The van der Waals surface area contributed by atoms with Gasteiger partial charge in [0, 0.05) is 43.3 Å². The van der Waals surface area contributed by atoms with E-state index in [2.05, 4.69) is 10.6 Å². The number of hydrogen-bond donors (Lipinski definition) is 4. The van der Waals surface area contributed by atoms with Crippen molar-refractivity contribution in [3.8, 4) is 0 Å². The topological polar surface area (TPSA) is 122 Å². The number of aliphatic hydroxyl groups excluding tert-OH is 1. The highest BCUT2D eigenvalue weighted by atomic mass is 32.2. The minimum absolute atomic E-state index is 0.0998. The normalized spacial score (nSPS) is 35.9. The van der Waals surface area contributed by atoms with Crippen molar-refractivity contribution in [2.75, 3.05) is 27.2 Å². The van der Waals surface area contributed by atoms with Crippen molar-refractivity contribution in [2.24, 2.45) is 11.8 Å². The lowest BCUT2D eigenvalue weighted by atomic mass is 9.83. The van der Waals surface area contributed by atoms with E-state index < -0.39 is 18.0 Å². The van der Waals surface area contributed by atoms with Crippen molar-refractivity contribution in [1.29, 1.82) is 0 Å². The van der Waals surface area contributed by atoms with Gasteiger partial charge in [0.1, 0.15) is 5.70 Å². The fourth-order valence-electron chi connectivity index (χ4n) is 5.48. The molecule has 3 saturated heterocycles. The number of hydrogen-bond acceptors (Lipinski definition) is 7. The number of nitrogens with one attached hydrogen (secondary N) is 2. The van der Waals surface area contributed by atoms with Crippen molar-refractivity contribution < 1.29 is 24.6 Å². The van der Waals surface area contributed by atoms with Gasteiger partial charge in [0.15, 0.2) is 0 Å². The lowest BCUT2D eigenvalue weighted by Crippen LogP contribution is -2.61. The maximum Gasteiger partial charge on any atom is 0.353 e. The quantitative estimate of drug-likeness (QED) is 0.392. The van der Waals surface area contributed by atoms with E-state index in [-0.39, 0.29) is 34.8 Å². The summed E-state index contributed by atoms with van der Waals surface area (Å²) in [6.07, 6.45) is 2.51. The van der Waals surface area contributed by atoms with Gasteiger partial charge in [-0.2, -0.15) is 0 Å². The highest BCUT2D eigenvalue weighted by Crippen LogP contribution is 2.48. The monoisotopic (exact) mass is 452 g/mol. The molecule has 0 aromatic carbocycles. The summed E-state index contributed by atoms with van der Waals surface area (Å²) in [5, 5.41) is 26.7. The third kappa shape index (κ3) is 4.22. The lowest BCUT2D eigenvalue weighted by Gasteiger charge is -2.44. The zero-order valence-electron chi connectivity index (χ0n) is 18.2. The number of nitrogens with zero attached hydrogens (tertiary/aromatic N) is 2. The van der Waals surface area contributed by atoms with E-state index in [1.165, 1.54) is 4.90 Å². The van der Waals surface area contributed by atoms with Gasteiger partial charge in [0.25, 0.3) is 0 Å². The van der Waals surface area contributed by atoms with Crippen molar-refractivity contribution >= 4 is 29.5 Å². The summed E-state index contributed by atoms with van der Waals surface area (Å²) in [6, 6.07) is 0.0101. The predicted octanol–water partition coefficient (Wildman–Crippen LogP) is -0.186. The first kappa shape index (κ1) is 22.6. The molecule has 4 heterocycles. The zero-order chi connectivity index (χ0) is 22.4. The van der Waals surface area contributed by atoms with Crippen LogP contribution < -0.4 is 10.6 Å². The Kier molecular flexibility index (Phi) is 6.35. The Morgan fingerprint density at radius 2 is 2.00 bits per heavy atom. The van der Waals surface area contributed by atoms with E-state index in [4.69, 9.17) is 0 Å². The molecule has 10 heteroatoms. The number of thioether (sulfide) groups is 1. The lowest BCUT2D eigenvalue weighted by molar-refractivity contribution is -0.161. The molecule has 7 atom stereocenters. The van der Waals surface area contributed by atoms with Crippen LogP contribution in [0.3, 0.4) is 0 Å². The van der Waals surface area contributed by atoms with E-state index in [0.29, 0.717) is 18.4 Å². The third-order valence-electron chi connectivity index (χ3n) is 6.96. The first-order valence-corrected chi connectivity index (χ1v) is 11.9. The second-order valence-corrected chi connectivity index (χ2v) is 10.8. The van der Waals surface area contributed by atoms with Gasteiger partial charge in [0.2, 0.25) is 11.8 Å². The number of aliphatic carboxylic acids is 1. The van der Waals surface area contributed by atoms with Crippen LogP contribution in [0.25, 0.3) is 0 Å². The molecular weight excluding hydrogens is 420 g/mol. The number of carboxylic acid groups (broad SMARTS) is 1. The summed E-state index contributed by atoms with van der Waals surface area (Å²) in [5.41, 5.74) is 0.102. The first-order valence-electron chi connectivity index (χ1n) is 11.0. The number of β-lactam (4-membered cyclic amide) rings is 1. The Morgan fingerprint density at radius 3 is 2.65 bits per heavy atom. The summed E-state index contributed by atoms with van der Waals surface area (Å²) in [7, 11) is 3.56. The third-order valence-corrected chi connectivity index (χ3v) is 8.30. The predicted molar refractivity (Wildman–Crippen MR) is 116 cm³/mol. The van der Waals surface area contributed by atoms with Crippen molar-refractivity contribution in [3.05, 3.63) is 10.6 Å². The van der Waals surface area contributed by atoms with Crippen LogP contribution in [0.15, 0.2) is 10.6 Å². The molecule has 2 amide bonds. The minimum Gasteiger partial charge on any atom is -0.477 e. The van der Waals surface area contributed by atoms with Gasteiger partial charge >= 0.3 is 5.97 Å². The zero-order valence-corrected chi connectivity index (χ0v) is 19.0. The summed E-state index contributed by atoms with van der Waals surface area (Å²) < 4.78 is 0. The molecule has 4 N–H and O–H groups in total. The number of carbonyl (C=O) groups excluding carboxylic acids is 2. The summed E-state index contributed by atoms with van der Waals surface area (Å²) in [5.74, 6) is -1.29. The first-order chi connectivity index (χ1) is 14.7. The maximum atomic E-state index is 12.4. The number of rotatable bonds is 7. The summed E-state index contributed by atoms with van der Waals surface area (Å²) in [4.78, 5) is 40.1. The molecule has 31 heavy (non-hydrogen) atoms. The SMILES string of the molecule is C[C@@H](O)[C@H]1C(=O)N2C(C(=O)O)=C(S[C@@H]3CN[C@H](CC4CN[C@H](C(=O)N(C)C)C4)C3)C[C@H]12. The van der Waals surface area contributed by atoms with Crippen molar-refractivity contribution in [3.63, 3.8) is 0 Å². The average Bonchev–Trinajstić information content (AvgIpc) is 3.39. The number of likely N-dealkylation sites (N-methyl/N-ethyl adjacent to an activating group) is 1. The Balaban J connectivity index is 1.32. The van der Waals surface area contributed by atoms with Crippen LogP contribution in [0.5, 0.6) is 0 Å². The van der Waals surface area contributed by atoms with E-state index in [1.54, 1.807) is 37.7 Å². The summed E-state index contributed by atoms with van der Waals surface area (Å²) in [6.45, 7) is 3.23. The Hall–Kier alpha value is -1.62. The molecule has 0 aromatic rings. The van der Waals surface area contributed by atoms with Crippen molar-refractivity contribution in [1.82, 2.24) is 20.4 Å². The fourth-order valence-corrected chi connectivity index (χ4v) is 6.95. The van der Waals surface area contributed by atoms with Crippen LogP contribution in [0, 0.1) is 11.8 Å². The van der Waals surface area contributed by atoms with Crippen LogP contribution in [-0.4, -0.2) is 94.5 Å². The molecule has 0 aromatic heterocycles. The number of aliphatic hydroxyl groups is 1. The van der Waals surface area contributed by atoms with Gasteiger partial charge in [-0.1, -0.05) is 0 Å². The van der Waals surface area contributed by atoms with Crippen LogP contribution in [0.4, 0.5) is 0 Å². The van der Waals surface area contributed by atoms with Gasteiger partial charge in [-0.05, 0) is 38.6 Å². The fraction of sp³-hybridized carbons (Fsp3) is 0.762. The molecule has 172 valence electrons. The molecule has 4 aliphatic rings. The Labute approximate surface area is 186 Å². The molecule has 4 rings (SSSR count). The Bertz CT molecular complexity index is 801. The standard InChI is InChI=1S/C21H32N4O5S/c1-10(26)17-15-7-16(18(21(29)30)25(15)20(17)28)31-13-6-12(22-9-13)4-11-5-14(23-8-11)19(27)24(2)3/h10-15,17,22-23,26H,4-9H2,1-3H3,(H,29,30)/t10-,11?,12-,13+,14+,15-,17-/m1/s1. The van der Waals surface area contributed by atoms with Crippen LogP contribution >= 0.6 is 11.8 Å². The largest absolute Gasteiger partial charge is 0.477 e. The van der Waals surface area contributed by atoms with Crippen LogP contribution in [0.2, 0.25) is 0 Å². The van der Waals surface area contributed by atoms with E-state index in [1.807, 2.05) is 0 Å². The number of carbonyl (C=O) groups is 3. The smallest absolute Gasteiger partial charge is 0.353 e. The van der Waals surface area contributed by atoms with Gasteiger partial charge < -0.3 is 30.6 Å². The van der Waals surface area contributed by atoms with Crippen LogP contribution in [-0.2, 0) is 14.4 Å². The molecule has 0 bridgehead atoms. The van der Waals surface area contributed by atoms with E-state index in [0.717, 1.165) is 37.3 Å². The van der Waals surface area contributed by atoms with E-state index in [9.17, 15) is 24.6 Å². The highest BCUT2D eigenvalue weighted by Gasteiger charge is 2.57. The van der Waals surface area contributed by atoms with Gasteiger partial charge in [-0.15, -0.1) is 11.8 Å². The second-order valence-electron chi connectivity index (χ2n) is 9.43. The minimum atomic E-state index is -1.07. The van der Waals surface area contributed by atoms with Crippen molar-refractivity contribution in [2.45, 2.75) is 62.1 Å². The number of carboxylic acids is 1. The van der Waals surface area contributed by atoms with E-state index >= 15 is 0 Å². The van der Waals surface area contributed by atoms with Gasteiger partial charge in [-0.3, -0.25) is 9.59 Å². The molecular formula is C21H32N4O5S. The number of fused-ring (bicyclic) bond motifs is 1. The second kappa shape index (κ2) is 8.73. The van der Waals surface area contributed by atoms with Crippen LogP contribution in [0.1, 0.15) is 32.6 Å². The maximum absolute atomic E-state index is 12.4. The molecule has 9 nitrogen and oxygen atoms in total. The van der Waals surface area contributed by atoms with Gasteiger partial charge in [0.05, 0.1) is 24.1 Å². The molecule has 4 aliphatic heterocycles. The Morgan fingerprint density at radius 1 is 1.26 bits per heavy atom. The molecule has 0 radical (unpaired) electrons. The molecule has 1 unspecified atom stereocenters. The molecule has 0 saturated carbocycles. The van der Waals surface area contributed by atoms with Gasteiger partial charge in [-0.25, -0.2) is 4.79 Å². The summed E-state index contributed by atoms with van der Waals surface area (Å²) >= 11 is 1.57. The highest BCUT2D eigenvalue weighted by molar-refractivity contribution is 8.03. The average molecular weight is 453 g/mol. The molecule has 0 aliphatic carbocycles. The number of amides is 2. The molecule has 3 fully saturated rings.